The van der Waals surface area contributed by atoms with Gasteiger partial charge < -0.3 is 29.0 Å². The fourth-order valence-corrected chi connectivity index (χ4v) is 6.18. The third-order valence-corrected chi connectivity index (χ3v) is 8.20. The van der Waals surface area contributed by atoms with Gasteiger partial charge >= 0.3 is 0 Å². The quantitative estimate of drug-likeness (QED) is 0.265. The second kappa shape index (κ2) is 12.9. The number of benzene rings is 3. The lowest BCUT2D eigenvalue weighted by molar-refractivity contribution is 0.295. The SMILES string of the molecule is CCCOc1c(NCc2ccccc2)cc([C@@H]2CC[C@@H](c3cc(OC)c(OC)c(OC)c3)S2)cc1OC. The highest BCUT2D eigenvalue weighted by molar-refractivity contribution is 8.00. The normalized spacial score (nSPS) is 16.8. The molecule has 0 aliphatic carbocycles. The number of hydrogen-bond donors (Lipinski definition) is 1. The molecular weight excluding hydrogens is 486 g/mol. The molecule has 0 bridgehead atoms. The Morgan fingerprint density at radius 1 is 0.757 bits per heavy atom. The predicted octanol–water partition coefficient (Wildman–Crippen LogP) is 7.43. The van der Waals surface area contributed by atoms with E-state index < -0.39 is 0 Å². The first-order valence-corrected chi connectivity index (χ1v) is 13.6. The number of methoxy groups -OCH3 is 4. The van der Waals surface area contributed by atoms with E-state index in [1.54, 1.807) is 28.4 Å². The topological polar surface area (TPSA) is 58.2 Å². The molecule has 0 spiro atoms. The summed E-state index contributed by atoms with van der Waals surface area (Å²) in [5.74, 6) is 3.53. The summed E-state index contributed by atoms with van der Waals surface area (Å²) in [7, 11) is 6.65. The van der Waals surface area contributed by atoms with Gasteiger partial charge in [0, 0.05) is 17.0 Å². The summed E-state index contributed by atoms with van der Waals surface area (Å²) >= 11 is 1.96. The minimum atomic E-state index is 0.321. The van der Waals surface area contributed by atoms with Crippen LogP contribution in [0.1, 0.15) is 53.4 Å². The van der Waals surface area contributed by atoms with Crippen LogP contribution >= 0.6 is 11.8 Å². The molecule has 0 amide bonds. The highest BCUT2D eigenvalue weighted by Crippen LogP contribution is 2.56. The van der Waals surface area contributed by atoms with E-state index in [9.17, 15) is 0 Å². The maximum absolute atomic E-state index is 6.14. The number of nitrogens with one attached hydrogen (secondary N) is 1. The zero-order valence-electron chi connectivity index (χ0n) is 22.3. The number of rotatable bonds is 12. The Morgan fingerprint density at radius 2 is 1.32 bits per heavy atom. The van der Waals surface area contributed by atoms with Crippen molar-refractivity contribution < 1.29 is 23.7 Å². The van der Waals surface area contributed by atoms with Crippen molar-refractivity contribution in [3.63, 3.8) is 0 Å². The van der Waals surface area contributed by atoms with Gasteiger partial charge in [-0.1, -0.05) is 37.3 Å². The van der Waals surface area contributed by atoms with E-state index in [0.717, 1.165) is 36.4 Å². The molecule has 7 heteroatoms. The summed E-state index contributed by atoms with van der Waals surface area (Å²) in [5, 5.41) is 4.25. The molecule has 1 N–H and O–H groups in total. The molecule has 0 saturated carbocycles. The van der Waals surface area contributed by atoms with Gasteiger partial charge in [0.25, 0.3) is 0 Å². The summed E-state index contributed by atoms with van der Waals surface area (Å²) in [5.41, 5.74) is 4.59. The molecule has 3 aromatic carbocycles. The van der Waals surface area contributed by atoms with Crippen molar-refractivity contribution in [2.75, 3.05) is 40.4 Å². The highest BCUT2D eigenvalue weighted by atomic mass is 32.2. The molecular formula is C30H37NO5S. The first kappa shape index (κ1) is 26.9. The molecule has 1 fully saturated rings. The van der Waals surface area contributed by atoms with E-state index in [1.165, 1.54) is 16.7 Å². The average Bonchev–Trinajstić information content (AvgIpc) is 3.45. The van der Waals surface area contributed by atoms with Crippen LogP contribution in [0.3, 0.4) is 0 Å². The van der Waals surface area contributed by atoms with Crippen LogP contribution in [-0.2, 0) is 6.54 Å². The van der Waals surface area contributed by atoms with E-state index in [0.29, 0.717) is 40.9 Å². The molecule has 2 atom stereocenters. The molecule has 0 aromatic heterocycles. The Hall–Kier alpha value is -3.19. The van der Waals surface area contributed by atoms with E-state index >= 15 is 0 Å². The standard InChI is InChI=1S/C30H37NO5S/c1-6-14-36-29-23(31-19-20-10-8-7-9-11-20)15-21(16-24(29)32-2)27-12-13-28(37-27)22-17-25(33-3)30(35-5)26(18-22)34-4/h7-11,15-18,27-28,31H,6,12-14,19H2,1-5H3/t27-,28-/m0/s1. The van der Waals surface area contributed by atoms with Gasteiger partial charge in [0.2, 0.25) is 5.75 Å². The van der Waals surface area contributed by atoms with Crippen molar-refractivity contribution in [2.24, 2.45) is 0 Å². The second-order valence-electron chi connectivity index (χ2n) is 8.94. The highest BCUT2D eigenvalue weighted by Gasteiger charge is 2.31. The Balaban J connectivity index is 1.60. The molecule has 1 saturated heterocycles. The number of anilines is 1. The Bertz CT molecular complexity index is 1150. The molecule has 1 aliphatic heterocycles. The Labute approximate surface area is 224 Å². The molecule has 4 rings (SSSR count). The fourth-order valence-electron chi connectivity index (χ4n) is 4.65. The van der Waals surface area contributed by atoms with Gasteiger partial charge in [-0.2, -0.15) is 0 Å². The monoisotopic (exact) mass is 523 g/mol. The van der Waals surface area contributed by atoms with Crippen LogP contribution in [-0.4, -0.2) is 35.0 Å². The summed E-state index contributed by atoms with van der Waals surface area (Å²) in [4.78, 5) is 0. The minimum absolute atomic E-state index is 0.321. The molecule has 6 nitrogen and oxygen atoms in total. The third kappa shape index (κ3) is 6.21. The van der Waals surface area contributed by atoms with Crippen molar-refractivity contribution >= 4 is 17.4 Å². The van der Waals surface area contributed by atoms with Gasteiger partial charge in [-0.05, 0) is 60.2 Å². The second-order valence-corrected chi connectivity index (χ2v) is 10.3. The lowest BCUT2D eigenvalue weighted by atomic mass is 10.0. The molecule has 0 radical (unpaired) electrons. The minimum Gasteiger partial charge on any atom is -0.493 e. The first-order chi connectivity index (χ1) is 18.1. The average molecular weight is 524 g/mol. The van der Waals surface area contributed by atoms with E-state index in [-0.39, 0.29) is 0 Å². The van der Waals surface area contributed by atoms with Crippen LogP contribution in [0, 0.1) is 0 Å². The maximum atomic E-state index is 6.14. The van der Waals surface area contributed by atoms with Crippen LogP contribution < -0.4 is 29.0 Å². The predicted molar refractivity (Wildman–Crippen MR) is 151 cm³/mol. The zero-order chi connectivity index (χ0) is 26.2. The summed E-state index contributed by atoms with van der Waals surface area (Å²) in [6, 6.07) is 18.9. The zero-order valence-corrected chi connectivity index (χ0v) is 23.2. The van der Waals surface area contributed by atoms with Gasteiger partial charge in [-0.3, -0.25) is 0 Å². The van der Waals surface area contributed by atoms with E-state index in [1.807, 2.05) is 17.8 Å². The lowest BCUT2D eigenvalue weighted by Crippen LogP contribution is -2.06. The fraction of sp³-hybridized carbons (Fsp3) is 0.400. The van der Waals surface area contributed by atoms with Gasteiger partial charge in [-0.25, -0.2) is 0 Å². The van der Waals surface area contributed by atoms with Crippen LogP contribution in [0.25, 0.3) is 0 Å². The molecule has 198 valence electrons. The van der Waals surface area contributed by atoms with Crippen molar-refractivity contribution in [1.29, 1.82) is 0 Å². The molecule has 0 unspecified atom stereocenters. The molecule has 1 aliphatic rings. The first-order valence-electron chi connectivity index (χ1n) is 12.7. The van der Waals surface area contributed by atoms with Gasteiger partial charge in [0.15, 0.2) is 23.0 Å². The lowest BCUT2D eigenvalue weighted by Gasteiger charge is -2.21. The van der Waals surface area contributed by atoms with Crippen molar-refractivity contribution in [2.45, 2.75) is 43.2 Å². The Morgan fingerprint density at radius 3 is 1.86 bits per heavy atom. The number of hydrogen-bond acceptors (Lipinski definition) is 7. The van der Waals surface area contributed by atoms with Crippen molar-refractivity contribution in [3.8, 4) is 28.7 Å². The molecule has 37 heavy (non-hydrogen) atoms. The maximum Gasteiger partial charge on any atom is 0.203 e. The van der Waals surface area contributed by atoms with Crippen LogP contribution in [0.2, 0.25) is 0 Å². The van der Waals surface area contributed by atoms with Crippen LogP contribution in [0.5, 0.6) is 28.7 Å². The molecule has 3 aromatic rings. The third-order valence-electron chi connectivity index (χ3n) is 6.52. The summed E-state index contributed by atoms with van der Waals surface area (Å²) in [6.07, 6.45) is 3.04. The van der Waals surface area contributed by atoms with Gasteiger partial charge in [-0.15, -0.1) is 11.8 Å². The number of ether oxygens (including phenoxy) is 5. The molecule has 1 heterocycles. The van der Waals surface area contributed by atoms with Crippen LogP contribution in [0.4, 0.5) is 5.69 Å². The Kier molecular flexibility index (Phi) is 9.34. The largest absolute Gasteiger partial charge is 0.493 e. The van der Waals surface area contributed by atoms with Crippen LogP contribution in [0.15, 0.2) is 54.6 Å². The van der Waals surface area contributed by atoms with Gasteiger partial charge in [0.1, 0.15) is 0 Å². The number of thioether (sulfide) groups is 1. The van der Waals surface area contributed by atoms with E-state index in [4.69, 9.17) is 23.7 Å². The van der Waals surface area contributed by atoms with Crippen molar-refractivity contribution in [3.05, 3.63) is 71.3 Å². The smallest absolute Gasteiger partial charge is 0.203 e. The van der Waals surface area contributed by atoms with Crippen molar-refractivity contribution in [1.82, 2.24) is 0 Å². The summed E-state index contributed by atoms with van der Waals surface area (Å²) in [6.45, 7) is 3.45. The van der Waals surface area contributed by atoms with Gasteiger partial charge in [0.05, 0.1) is 40.7 Å². The summed E-state index contributed by atoms with van der Waals surface area (Å²) < 4.78 is 28.6. The van der Waals surface area contributed by atoms with E-state index in [2.05, 4.69) is 60.8 Å².